The normalized spacial score (nSPS) is 25.2. The number of carbonyl (C=O) groups is 1. The molecular weight excluding hydrogens is 231 g/mol. The second-order valence-corrected chi connectivity index (χ2v) is 4.63. The molecule has 1 atom stereocenters. The maximum atomic E-state index is 12.2. The van der Waals surface area contributed by atoms with Crippen molar-refractivity contribution in [2.24, 2.45) is 5.73 Å². The van der Waals surface area contributed by atoms with Crippen molar-refractivity contribution in [3.63, 3.8) is 0 Å². The molecule has 0 saturated carbocycles. The van der Waals surface area contributed by atoms with Gasteiger partial charge in [-0.05, 0) is 24.5 Å². The first-order valence-corrected chi connectivity index (χ1v) is 5.67. The minimum Gasteiger partial charge on any atom is -0.315 e. The number of hydrogen-bond acceptors (Lipinski definition) is 2. The highest BCUT2D eigenvalue weighted by atomic mass is 35.5. The molecule has 0 bridgehead atoms. The van der Waals surface area contributed by atoms with Crippen molar-refractivity contribution >= 4 is 33.1 Å². The van der Waals surface area contributed by atoms with E-state index in [0.717, 1.165) is 0 Å². The van der Waals surface area contributed by atoms with Gasteiger partial charge in [0.2, 0.25) is 0 Å². The van der Waals surface area contributed by atoms with E-state index in [4.69, 9.17) is 33.0 Å². The third-order valence-corrected chi connectivity index (χ3v) is 3.47. The Morgan fingerprint density at radius 3 is 2.59 bits per heavy atom. The first-order valence-electron chi connectivity index (χ1n) is 5.29. The lowest BCUT2D eigenvalue weighted by Crippen LogP contribution is -2.48. The van der Waals surface area contributed by atoms with Gasteiger partial charge in [-0.1, -0.05) is 35.3 Å². The Hall–Kier alpha value is -0.990. The van der Waals surface area contributed by atoms with Gasteiger partial charge in [0, 0.05) is 5.02 Å². The molecule has 1 aromatic rings. The van der Waals surface area contributed by atoms with Crippen molar-refractivity contribution < 1.29 is 4.79 Å². The van der Waals surface area contributed by atoms with Crippen LogP contribution in [0, 0.1) is 0 Å². The lowest BCUT2D eigenvalue weighted by atomic mass is 9.64. The van der Waals surface area contributed by atoms with E-state index in [1.165, 1.54) is 0 Å². The van der Waals surface area contributed by atoms with E-state index in [0.29, 0.717) is 28.9 Å². The van der Waals surface area contributed by atoms with E-state index in [9.17, 15) is 4.79 Å². The summed E-state index contributed by atoms with van der Waals surface area (Å²) in [5.41, 5.74) is 6.07. The number of rotatable bonds is 1. The summed E-state index contributed by atoms with van der Waals surface area (Å²) in [5, 5.41) is 0.469. The van der Waals surface area contributed by atoms with Gasteiger partial charge < -0.3 is 5.73 Å². The second-order valence-electron chi connectivity index (χ2n) is 4.22. The van der Waals surface area contributed by atoms with Gasteiger partial charge in [-0.15, -0.1) is 5.47 Å². The van der Waals surface area contributed by atoms with Crippen LogP contribution in [0.4, 0.5) is 0 Å². The first kappa shape index (κ1) is 12.5. The third-order valence-electron chi connectivity index (χ3n) is 3.14. The zero-order valence-electron chi connectivity index (χ0n) is 9.24. The predicted molar refractivity (Wildman–Crippen MR) is 70.1 cm³/mol. The summed E-state index contributed by atoms with van der Waals surface area (Å²) in [6, 6.07) is 7.03. The number of allylic oxidation sites excluding steroid dienone is 1. The number of hydrogen-bond donors (Lipinski definition) is 1. The molecule has 2 N–H and O–H groups in total. The molecule has 1 aromatic carbocycles. The van der Waals surface area contributed by atoms with E-state index in [1.54, 1.807) is 24.3 Å². The second kappa shape index (κ2) is 4.35. The van der Waals surface area contributed by atoms with Crippen LogP contribution in [0.5, 0.6) is 0 Å². The van der Waals surface area contributed by atoms with E-state index in [-0.39, 0.29) is 11.3 Å². The number of halogens is 1. The van der Waals surface area contributed by atoms with E-state index in [1.807, 2.05) is 0 Å². The molecule has 1 aliphatic rings. The first-order chi connectivity index (χ1) is 7.97. The van der Waals surface area contributed by atoms with Crippen molar-refractivity contribution in [1.82, 2.24) is 0 Å². The maximum absolute atomic E-state index is 12.2. The molecule has 1 unspecified atom stereocenters. The van der Waals surface area contributed by atoms with Crippen molar-refractivity contribution in [3.8, 4) is 0 Å². The van der Waals surface area contributed by atoms with Crippen LogP contribution in [-0.4, -0.2) is 21.5 Å². The largest absolute Gasteiger partial charge is 0.315 e. The number of nitrogens with two attached hydrogens (primary N) is 1. The molecule has 4 radical (unpaired) electrons. The minimum atomic E-state index is -1.16. The van der Waals surface area contributed by atoms with Crippen LogP contribution in [0.15, 0.2) is 35.2 Å². The standard InChI is InChI=1S/C12H10B2ClNO/c13-8-5-6-12(16,11(17)10(8)14)7-3-1-2-4-9(7)15/h1-4H,5-6,16H2. The monoisotopic (exact) mass is 241 g/mol. The van der Waals surface area contributed by atoms with Crippen LogP contribution in [0.1, 0.15) is 18.4 Å². The summed E-state index contributed by atoms with van der Waals surface area (Å²) in [6.07, 6.45) is 0.918. The molecule has 2 nitrogen and oxygen atoms in total. The molecule has 0 aromatic heterocycles. The van der Waals surface area contributed by atoms with Gasteiger partial charge in [0.15, 0.2) is 5.78 Å². The third kappa shape index (κ3) is 1.96. The molecule has 2 rings (SSSR count). The molecule has 0 saturated heterocycles. The highest BCUT2D eigenvalue weighted by Gasteiger charge is 2.40. The van der Waals surface area contributed by atoms with Gasteiger partial charge in [-0.2, -0.15) is 0 Å². The van der Waals surface area contributed by atoms with Crippen molar-refractivity contribution in [1.29, 1.82) is 0 Å². The Morgan fingerprint density at radius 2 is 1.94 bits per heavy atom. The summed E-state index contributed by atoms with van der Waals surface area (Å²) in [4.78, 5) is 12.2. The molecule has 82 valence electrons. The van der Waals surface area contributed by atoms with Crippen LogP contribution < -0.4 is 5.73 Å². The topological polar surface area (TPSA) is 43.1 Å². The van der Waals surface area contributed by atoms with Crippen LogP contribution in [0.25, 0.3) is 0 Å². The fourth-order valence-corrected chi connectivity index (χ4v) is 2.35. The van der Waals surface area contributed by atoms with E-state index >= 15 is 0 Å². The Kier molecular flexibility index (Phi) is 3.19. The van der Waals surface area contributed by atoms with E-state index in [2.05, 4.69) is 0 Å². The van der Waals surface area contributed by atoms with Crippen LogP contribution in [-0.2, 0) is 10.3 Å². The Bertz CT molecular complexity index is 515. The van der Waals surface area contributed by atoms with Gasteiger partial charge in [0.25, 0.3) is 0 Å². The van der Waals surface area contributed by atoms with Crippen LogP contribution >= 0.6 is 11.6 Å². The highest BCUT2D eigenvalue weighted by Crippen LogP contribution is 2.36. The Labute approximate surface area is 108 Å². The van der Waals surface area contributed by atoms with E-state index < -0.39 is 5.54 Å². The lowest BCUT2D eigenvalue weighted by Gasteiger charge is -2.34. The lowest BCUT2D eigenvalue weighted by molar-refractivity contribution is -0.120. The van der Waals surface area contributed by atoms with Gasteiger partial charge in [-0.3, -0.25) is 4.79 Å². The molecule has 0 heterocycles. The van der Waals surface area contributed by atoms with Gasteiger partial charge >= 0.3 is 0 Å². The van der Waals surface area contributed by atoms with Gasteiger partial charge in [0.1, 0.15) is 21.2 Å². The maximum Gasteiger partial charge on any atom is 0.172 e. The predicted octanol–water partition coefficient (Wildman–Crippen LogP) is 1.41. The van der Waals surface area contributed by atoms with Crippen molar-refractivity contribution in [3.05, 3.63) is 45.8 Å². The summed E-state index contributed by atoms with van der Waals surface area (Å²) >= 11 is 6.08. The molecule has 17 heavy (non-hydrogen) atoms. The summed E-state index contributed by atoms with van der Waals surface area (Å²) in [7, 11) is 11.3. The SMILES string of the molecule is [B]C1=C([B])C(=O)C(N)(c2ccccc2Cl)CC1. The van der Waals surface area contributed by atoms with Gasteiger partial charge in [0.05, 0.1) is 0 Å². The fourth-order valence-electron chi connectivity index (χ4n) is 2.05. The average Bonchev–Trinajstić information content (AvgIpc) is 2.32. The zero-order valence-corrected chi connectivity index (χ0v) is 10.00. The number of Topliss-reactive ketones (excluding diaryl/α,β-unsaturated/α-hetero) is 1. The van der Waals surface area contributed by atoms with Crippen LogP contribution in [0.3, 0.4) is 0 Å². The molecule has 5 heteroatoms. The Balaban J connectivity index is 2.53. The minimum absolute atomic E-state index is 0.0543. The summed E-state index contributed by atoms with van der Waals surface area (Å²) in [5.74, 6) is -0.352. The summed E-state index contributed by atoms with van der Waals surface area (Å²) in [6.45, 7) is 0. The average molecular weight is 241 g/mol. The number of ketones is 1. The Morgan fingerprint density at radius 1 is 1.29 bits per heavy atom. The molecule has 0 fully saturated rings. The zero-order chi connectivity index (χ0) is 12.6. The molecule has 1 aliphatic carbocycles. The number of benzene rings is 1. The van der Waals surface area contributed by atoms with Crippen molar-refractivity contribution in [2.45, 2.75) is 18.4 Å². The molecular formula is C12H10B2ClNO. The van der Waals surface area contributed by atoms with Crippen LogP contribution in [0.2, 0.25) is 5.02 Å². The highest BCUT2D eigenvalue weighted by molar-refractivity contribution is 6.44. The number of carbonyl (C=O) groups excluding carboxylic acids is 1. The van der Waals surface area contributed by atoms with Gasteiger partial charge in [-0.25, -0.2) is 0 Å². The molecule has 0 spiro atoms. The molecule has 0 amide bonds. The van der Waals surface area contributed by atoms with Crippen molar-refractivity contribution in [2.75, 3.05) is 0 Å². The fraction of sp³-hybridized carbons (Fsp3) is 0.250. The summed E-state index contributed by atoms with van der Waals surface area (Å²) < 4.78 is 0. The molecule has 0 aliphatic heterocycles. The quantitative estimate of drug-likeness (QED) is 0.755. The smallest absolute Gasteiger partial charge is 0.172 e.